The van der Waals surface area contributed by atoms with Gasteiger partial charge < -0.3 is 30.1 Å². The van der Waals surface area contributed by atoms with Crippen LogP contribution in [0.15, 0.2) is 24.3 Å². The SMILES string of the molecule is CC(=O)N[C@@H]1[C@@H](O)[C@H](O)[C@@H](CO)O[C@H]1n1nc(COc2ccc(C)cc2)n(C2CC2)c1=S. The Kier molecular flexibility index (Phi) is 6.63. The smallest absolute Gasteiger partial charge is 0.217 e. The monoisotopic (exact) mass is 464 g/mol. The fourth-order valence-electron chi connectivity index (χ4n) is 3.88. The molecule has 4 N–H and O–H groups in total. The van der Waals surface area contributed by atoms with E-state index in [4.69, 9.17) is 21.7 Å². The lowest BCUT2D eigenvalue weighted by molar-refractivity contribution is -0.219. The van der Waals surface area contributed by atoms with Gasteiger partial charge in [-0.15, -0.1) is 0 Å². The maximum atomic E-state index is 11.8. The minimum atomic E-state index is -1.38. The molecule has 1 saturated carbocycles. The summed E-state index contributed by atoms with van der Waals surface area (Å²) < 4.78 is 15.4. The second-order valence-electron chi connectivity index (χ2n) is 8.30. The van der Waals surface area contributed by atoms with Crippen molar-refractivity contribution < 1.29 is 29.6 Å². The molecule has 1 aromatic heterocycles. The maximum absolute atomic E-state index is 11.8. The first-order valence-corrected chi connectivity index (χ1v) is 11.0. The predicted molar refractivity (Wildman–Crippen MR) is 115 cm³/mol. The van der Waals surface area contributed by atoms with Gasteiger partial charge in [0.2, 0.25) is 10.7 Å². The zero-order valence-electron chi connectivity index (χ0n) is 17.9. The van der Waals surface area contributed by atoms with Crippen molar-refractivity contribution in [1.29, 1.82) is 0 Å². The first-order valence-electron chi connectivity index (χ1n) is 10.6. The van der Waals surface area contributed by atoms with E-state index >= 15 is 0 Å². The van der Waals surface area contributed by atoms with Gasteiger partial charge in [0.05, 0.1) is 6.61 Å². The van der Waals surface area contributed by atoms with Crippen LogP contribution < -0.4 is 10.1 Å². The molecule has 32 heavy (non-hydrogen) atoms. The molecular weight excluding hydrogens is 436 g/mol. The van der Waals surface area contributed by atoms with E-state index in [-0.39, 0.29) is 12.6 Å². The molecule has 1 aromatic carbocycles. The number of amides is 1. The Morgan fingerprint density at radius 2 is 1.97 bits per heavy atom. The van der Waals surface area contributed by atoms with Crippen LogP contribution >= 0.6 is 12.2 Å². The molecular formula is C21H28N4O6S. The molecule has 0 bridgehead atoms. The first kappa shape index (κ1) is 22.9. The summed E-state index contributed by atoms with van der Waals surface area (Å²) in [7, 11) is 0. The van der Waals surface area contributed by atoms with Crippen molar-refractivity contribution in [2.45, 2.75) is 69.9 Å². The topological polar surface area (TPSA) is 131 Å². The number of nitrogens with zero attached hydrogens (tertiary/aromatic N) is 3. The van der Waals surface area contributed by atoms with E-state index in [1.807, 2.05) is 35.8 Å². The molecule has 5 atom stereocenters. The normalized spacial score (nSPS) is 27.8. The third-order valence-electron chi connectivity index (χ3n) is 5.72. The molecule has 174 valence electrons. The van der Waals surface area contributed by atoms with E-state index in [0.29, 0.717) is 16.3 Å². The van der Waals surface area contributed by atoms with Gasteiger partial charge in [0, 0.05) is 13.0 Å². The lowest BCUT2D eigenvalue weighted by Crippen LogP contribution is -2.62. The van der Waals surface area contributed by atoms with Crippen LogP contribution in [0.3, 0.4) is 0 Å². The van der Waals surface area contributed by atoms with E-state index < -0.39 is 43.1 Å². The van der Waals surface area contributed by atoms with Crippen LogP contribution in [-0.2, 0) is 16.1 Å². The number of hydrogen-bond donors (Lipinski definition) is 4. The summed E-state index contributed by atoms with van der Waals surface area (Å²) in [5.74, 6) is 0.875. The minimum absolute atomic E-state index is 0.169. The molecule has 0 unspecified atom stereocenters. The quantitative estimate of drug-likeness (QED) is 0.442. The second kappa shape index (κ2) is 9.28. The fourth-order valence-corrected chi connectivity index (χ4v) is 4.28. The second-order valence-corrected chi connectivity index (χ2v) is 8.67. The van der Waals surface area contributed by atoms with Crippen molar-refractivity contribution in [3.05, 3.63) is 40.4 Å². The summed E-state index contributed by atoms with van der Waals surface area (Å²) in [5, 5.41) is 37.7. The molecule has 1 aliphatic carbocycles. The van der Waals surface area contributed by atoms with Crippen molar-refractivity contribution in [3.63, 3.8) is 0 Å². The number of rotatable bonds is 7. The number of aliphatic hydroxyl groups is 3. The van der Waals surface area contributed by atoms with Crippen molar-refractivity contribution >= 4 is 18.1 Å². The number of nitrogens with one attached hydrogen (secondary N) is 1. The third kappa shape index (κ3) is 4.57. The largest absolute Gasteiger partial charge is 0.486 e. The molecule has 2 aliphatic rings. The Balaban J connectivity index is 1.66. The lowest BCUT2D eigenvalue weighted by Gasteiger charge is -2.42. The summed E-state index contributed by atoms with van der Waals surface area (Å²) in [4.78, 5) is 11.8. The molecule has 4 rings (SSSR count). The van der Waals surface area contributed by atoms with E-state index in [2.05, 4.69) is 10.4 Å². The Morgan fingerprint density at radius 1 is 1.28 bits per heavy atom. The number of aryl methyl sites for hydroxylation is 1. The Labute approximate surface area is 190 Å². The number of benzene rings is 1. The summed E-state index contributed by atoms with van der Waals surface area (Å²) in [5.41, 5.74) is 1.13. The average Bonchev–Trinajstić information content (AvgIpc) is 3.54. The van der Waals surface area contributed by atoms with E-state index in [0.717, 1.165) is 18.4 Å². The standard InChI is InChI=1S/C21H28N4O6S/c1-11-3-7-14(8-4-11)30-10-16-23-25(21(32)24(16)13-5-6-13)20-17(22-12(2)27)19(29)18(28)15(9-26)31-20/h3-4,7-8,13,15,17-20,26,28-29H,5-6,9-10H2,1-2H3,(H,22,27)/t15-,17-,18-,19-,20-/m1/s1. The molecule has 2 fully saturated rings. The molecule has 2 aromatic rings. The highest BCUT2D eigenvalue weighted by Crippen LogP contribution is 2.38. The summed E-state index contributed by atoms with van der Waals surface area (Å²) in [6.45, 7) is 2.96. The van der Waals surface area contributed by atoms with Gasteiger partial charge in [-0.2, -0.15) is 5.10 Å². The number of aliphatic hydroxyl groups excluding tert-OH is 3. The van der Waals surface area contributed by atoms with Crippen LogP contribution in [0.5, 0.6) is 5.75 Å². The van der Waals surface area contributed by atoms with Crippen molar-refractivity contribution in [2.75, 3.05) is 6.61 Å². The zero-order chi connectivity index (χ0) is 23.0. The Hall–Kier alpha value is -2.31. The van der Waals surface area contributed by atoms with E-state index in [9.17, 15) is 20.1 Å². The maximum Gasteiger partial charge on any atom is 0.217 e. The van der Waals surface area contributed by atoms with Crippen LogP contribution in [0, 0.1) is 11.7 Å². The highest BCUT2D eigenvalue weighted by Gasteiger charge is 2.47. The molecule has 2 heterocycles. The van der Waals surface area contributed by atoms with Crippen LogP contribution in [0.1, 0.15) is 43.4 Å². The van der Waals surface area contributed by atoms with Gasteiger partial charge >= 0.3 is 0 Å². The van der Waals surface area contributed by atoms with E-state index in [1.54, 1.807) is 0 Å². The predicted octanol–water partition coefficient (Wildman–Crippen LogP) is 0.753. The van der Waals surface area contributed by atoms with E-state index in [1.165, 1.54) is 11.6 Å². The molecule has 11 heteroatoms. The highest BCUT2D eigenvalue weighted by atomic mass is 32.1. The molecule has 0 radical (unpaired) electrons. The number of ether oxygens (including phenoxy) is 2. The first-order chi connectivity index (χ1) is 15.3. The molecule has 1 amide bonds. The summed E-state index contributed by atoms with van der Waals surface area (Å²) in [6.07, 6.45) is -2.91. The fraction of sp³-hybridized carbons (Fsp3) is 0.571. The summed E-state index contributed by atoms with van der Waals surface area (Å²) in [6, 6.07) is 6.85. The van der Waals surface area contributed by atoms with Crippen molar-refractivity contribution in [3.8, 4) is 5.75 Å². The highest BCUT2D eigenvalue weighted by molar-refractivity contribution is 7.71. The number of hydrogen-bond acceptors (Lipinski definition) is 8. The van der Waals surface area contributed by atoms with Crippen molar-refractivity contribution in [1.82, 2.24) is 19.7 Å². The van der Waals surface area contributed by atoms with Gasteiger partial charge in [-0.05, 0) is 44.1 Å². The molecule has 10 nitrogen and oxygen atoms in total. The minimum Gasteiger partial charge on any atom is -0.486 e. The Bertz CT molecular complexity index is 1020. The van der Waals surface area contributed by atoms with Gasteiger partial charge in [-0.1, -0.05) is 17.7 Å². The van der Waals surface area contributed by atoms with Gasteiger partial charge in [0.15, 0.2) is 12.1 Å². The summed E-state index contributed by atoms with van der Waals surface area (Å²) >= 11 is 5.68. The number of carbonyl (C=O) groups excluding carboxylic acids is 1. The number of carbonyl (C=O) groups is 1. The van der Waals surface area contributed by atoms with Crippen LogP contribution in [0.4, 0.5) is 0 Å². The van der Waals surface area contributed by atoms with Gasteiger partial charge in [0.25, 0.3) is 0 Å². The average molecular weight is 465 g/mol. The zero-order valence-corrected chi connectivity index (χ0v) is 18.7. The number of aromatic nitrogens is 3. The Morgan fingerprint density at radius 3 is 2.56 bits per heavy atom. The van der Waals surface area contributed by atoms with Crippen LogP contribution in [0.25, 0.3) is 0 Å². The van der Waals surface area contributed by atoms with Gasteiger partial charge in [-0.25, -0.2) is 4.68 Å². The van der Waals surface area contributed by atoms with Gasteiger partial charge in [0.1, 0.15) is 36.7 Å². The lowest BCUT2D eigenvalue weighted by atomic mass is 9.96. The van der Waals surface area contributed by atoms with Gasteiger partial charge in [-0.3, -0.25) is 9.36 Å². The molecule has 1 saturated heterocycles. The van der Waals surface area contributed by atoms with Crippen LogP contribution in [-0.4, -0.2) is 66.5 Å². The van der Waals surface area contributed by atoms with Crippen LogP contribution in [0.2, 0.25) is 0 Å². The molecule has 1 aliphatic heterocycles. The molecule has 0 spiro atoms. The third-order valence-corrected chi connectivity index (χ3v) is 6.10. The van der Waals surface area contributed by atoms with Crippen molar-refractivity contribution in [2.24, 2.45) is 0 Å².